The van der Waals surface area contributed by atoms with Crippen molar-refractivity contribution in [3.63, 3.8) is 0 Å². The molecule has 0 aromatic carbocycles. The van der Waals surface area contributed by atoms with Crippen LogP contribution in [0.4, 0.5) is 0 Å². The van der Waals surface area contributed by atoms with E-state index in [2.05, 4.69) is 0 Å². The zero-order chi connectivity index (χ0) is 9.23. The second-order valence-electron chi connectivity index (χ2n) is 3.16. The normalized spacial score (nSPS) is 13.6. The molecule has 0 aliphatic carbocycles. The smallest absolute Gasteiger partial charge is 0.0424 e. The van der Waals surface area contributed by atoms with Crippen LogP contribution in [-0.2, 0) is 0 Å². The summed E-state index contributed by atoms with van der Waals surface area (Å²) in [6.45, 7) is 0. The molecule has 5 nitrogen and oxygen atoms in total. The van der Waals surface area contributed by atoms with Crippen LogP contribution < -0.4 is 5.84 Å². The maximum atomic E-state index is 6.04. The summed E-state index contributed by atoms with van der Waals surface area (Å²) in [5.74, 6) is 6.04. The summed E-state index contributed by atoms with van der Waals surface area (Å²) >= 11 is 0. The van der Waals surface area contributed by atoms with E-state index in [9.17, 15) is 0 Å². The van der Waals surface area contributed by atoms with Gasteiger partial charge in [-0.05, 0) is 4.92 Å². The van der Waals surface area contributed by atoms with Crippen LogP contribution in [-0.4, -0.2) is 62.2 Å². The van der Waals surface area contributed by atoms with Gasteiger partial charge in [0.2, 0.25) is 0 Å². The Bertz CT molecular complexity index is 98.4. The molecule has 0 aromatic rings. The first-order chi connectivity index (χ1) is 4.83. The molecule has 2 N–H and O–H groups in total. The largest absolute Gasteiger partial charge is 0.120 e. The average Bonchev–Trinajstić information content (AvgIpc) is 1.84. The van der Waals surface area contributed by atoms with Crippen molar-refractivity contribution in [1.29, 1.82) is 0 Å². The fourth-order valence-electron chi connectivity index (χ4n) is 1.07. The van der Waals surface area contributed by atoms with Crippen molar-refractivity contribution in [3.8, 4) is 0 Å². The van der Waals surface area contributed by atoms with E-state index >= 15 is 0 Å². The molecule has 5 heteroatoms. The topological polar surface area (TPSA) is 35.7 Å². The van der Waals surface area contributed by atoms with Gasteiger partial charge < -0.3 is 0 Å². The van der Waals surface area contributed by atoms with Crippen LogP contribution >= 0.6 is 0 Å². The molecule has 68 valence electrons. The van der Waals surface area contributed by atoms with Gasteiger partial charge in [-0.2, -0.15) is 0 Å². The van der Waals surface area contributed by atoms with Crippen molar-refractivity contribution in [2.45, 2.75) is 0 Å². The Labute approximate surface area is 69.0 Å². The molecule has 11 heavy (non-hydrogen) atoms. The van der Waals surface area contributed by atoms with E-state index in [4.69, 9.17) is 5.84 Å². The number of hydrogen-bond acceptors (Lipinski definition) is 4. The van der Waals surface area contributed by atoms with Gasteiger partial charge in [-0.1, -0.05) is 0 Å². The summed E-state index contributed by atoms with van der Waals surface area (Å²) in [4.78, 5) is 0.167. The van der Waals surface area contributed by atoms with E-state index < -0.39 is 0 Å². The second kappa shape index (κ2) is 3.46. The van der Waals surface area contributed by atoms with Crippen LogP contribution in [0.25, 0.3) is 0 Å². The highest BCUT2D eigenvalue weighted by molar-refractivity contribution is 4.16. The van der Waals surface area contributed by atoms with Crippen molar-refractivity contribution < 1.29 is 4.92 Å². The number of nitrogens with zero attached hydrogens (tertiary/aromatic N) is 4. The van der Waals surface area contributed by atoms with Gasteiger partial charge in [-0.25, -0.2) is 0 Å². The summed E-state index contributed by atoms with van der Waals surface area (Å²) < 4.78 is 0. The van der Waals surface area contributed by atoms with E-state index in [1.165, 1.54) is 0 Å². The average molecular weight is 162 g/mol. The molecule has 0 radical (unpaired) electrons. The Morgan fingerprint density at radius 3 is 0.909 bits per heavy atom. The molecular weight excluding hydrogens is 142 g/mol. The lowest BCUT2D eigenvalue weighted by atomic mass is 11.0. The molecule has 0 rings (SSSR count). The van der Waals surface area contributed by atoms with Gasteiger partial charge in [0.1, 0.15) is 0 Å². The fourth-order valence-corrected chi connectivity index (χ4v) is 1.07. The predicted octanol–water partition coefficient (Wildman–Crippen LogP) is -0.893. The maximum Gasteiger partial charge on any atom is 0.0424 e. The Kier molecular flexibility index (Phi) is 3.40. The van der Waals surface area contributed by atoms with Crippen molar-refractivity contribution in [1.82, 2.24) is 15.0 Å². The molecule has 0 fully saturated rings. The van der Waals surface area contributed by atoms with Crippen LogP contribution in [0.3, 0.4) is 0 Å². The van der Waals surface area contributed by atoms with Crippen molar-refractivity contribution in [2.75, 3.05) is 42.3 Å². The highest BCUT2D eigenvalue weighted by atomic mass is 16.2. The van der Waals surface area contributed by atoms with Crippen LogP contribution in [0.5, 0.6) is 0 Å². The molecule has 0 amide bonds. The number of nitrogens with two attached hydrogens (primary N) is 1. The van der Waals surface area contributed by atoms with Gasteiger partial charge in [0.25, 0.3) is 0 Å². The molecule has 0 aliphatic heterocycles. The minimum atomic E-state index is 0.167. The highest BCUT2D eigenvalue weighted by Crippen LogP contribution is 2.04. The molecular formula is C6H20N5+. The van der Waals surface area contributed by atoms with Gasteiger partial charge in [-0.15, -0.1) is 20.9 Å². The Morgan fingerprint density at radius 1 is 0.727 bits per heavy atom. The van der Waals surface area contributed by atoms with E-state index in [-0.39, 0.29) is 4.92 Å². The number of quaternary nitrogens is 1. The van der Waals surface area contributed by atoms with Crippen molar-refractivity contribution in [2.24, 2.45) is 5.84 Å². The summed E-state index contributed by atoms with van der Waals surface area (Å²) in [6, 6.07) is 0. The summed E-state index contributed by atoms with van der Waals surface area (Å²) in [6.07, 6.45) is 0. The Morgan fingerprint density at radius 2 is 0.909 bits per heavy atom. The molecule has 0 saturated carbocycles. The molecule has 0 heterocycles. The standard InChI is InChI=1S/C6H20N5/c1-8(2)11(7,9(3)4)10(5)6/h7H2,1-6H3/q+1. The van der Waals surface area contributed by atoms with Crippen LogP contribution in [0.2, 0.25) is 0 Å². The lowest BCUT2D eigenvalue weighted by Crippen LogP contribution is -2.75. The molecule has 0 atom stereocenters. The maximum absolute atomic E-state index is 6.04. The minimum Gasteiger partial charge on any atom is -0.120 e. The van der Waals surface area contributed by atoms with E-state index in [0.29, 0.717) is 0 Å². The first-order valence-electron chi connectivity index (χ1n) is 3.54. The van der Waals surface area contributed by atoms with Gasteiger partial charge in [0.15, 0.2) is 0 Å². The molecule has 0 saturated heterocycles. The molecule has 0 aliphatic rings. The predicted molar refractivity (Wildman–Crippen MR) is 45.5 cm³/mol. The van der Waals surface area contributed by atoms with E-state index in [0.717, 1.165) is 0 Å². The number of hydrogen-bond donors (Lipinski definition) is 1. The monoisotopic (exact) mass is 162 g/mol. The minimum absolute atomic E-state index is 0.167. The second-order valence-corrected chi connectivity index (χ2v) is 3.16. The Balaban J connectivity index is 4.53. The van der Waals surface area contributed by atoms with Crippen LogP contribution in [0.15, 0.2) is 0 Å². The third-order valence-corrected chi connectivity index (χ3v) is 1.77. The summed E-state index contributed by atoms with van der Waals surface area (Å²) in [5.41, 5.74) is 0. The van der Waals surface area contributed by atoms with Gasteiger partial charge in [-0.3, -0.25) is 0 Å². The summed E-state index contributed by atoms with van der Waals surface area (Å²) in [5, 5.41) is 5.71. The van der Waals surface area contributed by atoms with Gasteiger partial charge >= 0.3 is 0 Å². The zero-order valence-electron chi connectivity index (χ0n) is 8.37. The summed E-state index contributed by atoms with van der Waals surface area (Å²) in [7, 11) is 11.6. The van der Waals surface area contributed by atoms with E-state index in [1.54, 1.807) is 0 Å². The van der Waals surface area contributed by atoms with E-state index in [1.807, 2.05) is 57.3 Å². The van der Waals surface area contributed by atoms with Crippen molar-refractivity contribution in [3.05, 3.63) is 0 Å². The zero-order valence-corrected chi connectivity index (χ0v) is 8.37. The van der Waals surface area contributed by atoms with Gasteiger partial charge in [0.05, 0.1) is 0 Å². The molecule has 0 bridgehead atoms. The lowest BCUT2D eigenvalue weighted by molar-refractivity contribution is -1.21. The first kappa shape index (κ1) is 10.8. The van der Waals surface area contributed by atoms with Crippen LogP contribution in [0.1, 0.15) is 0 Å². The highest BCUT2D eigenvalue weighted by Gasteiger charge is 2.33. The molecule has 0 unspecified atom stereocenters. The Hall–Kier alpha value is -0.200. The van der Waals surface area contributed by atoms with Gasteiger partial charge in [0, 0.05) is 42.3 Å². The third kappa shape index (κ3) is 1.88. The SMILES string of the molecule is CN(C)[N+](N)(N(C)C)N(C)C. The quantitative estimate of drug-likeness (QED) is 0.332. The molecule has 0 aromatic heterocycles. The molecule has 0 spiro atoms. The van der Waals surface area contributed by atoms with Crippen molar-refractivity contribution >= 4 is 0 Å². The lowest BCUT2D eigenvalue weighted by Gasteiger charge is -2.43. The fraction of sp³-hybridized carbons (Fsp3) is 1.00. The number of rotatable bonds is 3. The third-order valence-electron chi connectivity index (χ3n) is 1.77. The first-order valence-corrected chi connectivity index (χ1v) is 3.54. The van der Waals surface area contributed by atoms with Crippen LogP contribution in [0, 0.1) is 0 Å².